The van der Waals surface area contributed by atoms with Crippen LogP contribution in [0, 0.1) is 5.82 Å². The average Bonchev–Trinajstić information content (AvgIpc) is 3.12. The number of fused-ring (bicyclic) bond motifs is 1. The minimum absolute atomic E-state index is 0.160. The molecule has 4 aromatic heterocycles. The maximum absolute atomic E-state index is 14.2. The topological polar surface area (TPSA) is 96.5 Å². The van der Waals surface area contributed by atoms with Gasteiger partial charge in [0.25, 0.3) is 0 Å². The number of anilines is 1. The van der Waals surface area contributed by atoms with Crippen LogP contribution >= 0.6 is 11.3 Å². The minimum Gasteiger partial charge on any atom is -0.368 e. The highest BCUT2D eigenvalue weighted by Gasteiger charge is 2.41. The maximum atomic E-state index is 14.2. The van der Waals surface area contributed by atoms with Gasteiger partial charge < -0.3 is 10.3 Å². The van der Waals surface area contributed by atoms with Crippen molar-refractivity contribution in [3.63, 3.8) is 0 Å². The number of hydrogen-bond acceptors (Lipinski definition) is 7. The van der Waals surface area contributed by atoms with E-state index < -0.39 is 0 Å². The zero-order chi connectivity index (χ0) is 19.8. The maximum Gasteiger partial charge on any atom is 0.249 e. The molecule has 5 rings (SSSR count). The molecule has 1 saturated carbocycles. The molecule has 4 aromatic rings. The second-order valence-corrected chi connectivity index (χ2v) is 8.18. The molecule has 0 spiro atoms. The van der Waals surface area contributed by atoms with Gasteiger partial charge in [0.05, 0.1) is 11.2 Å². The van der Waals surface area contributed by atoms with Crippen molar-refractivity contribution in [2.75, 3.05) is 11.9 Å². The Morgan fingerprint density at radius 2 is 2.07 bits per heavy atom. The molecule has 1 aliphatic carbocycles. The number of rotatable bonds is 5. The molecule has 2 N–H and O–H groups in total. The Kier molecular flexibility index (Phi) is 4.31. The van der Waals surface area contributed by atoms with Crippen LogP contribution in [0.1, 0.15) is 25.0 Å². The molecule has 0 aliphatic heterocycles. The summed E-state index contributed by atoms with van der Waals surface area (Å²) in [5.74, 6) is 0.357. The van der Waals surface area contributed by atoms with Gasteiger partial charge in [0.15, 0.2) is 0 Å². The first kappa shape index (κ1) is 17.9. The van der Waals surface area contributed by atoms with Crippen molar-refractivity contribution in [1.29, 1.82) is 0 Å². The van der Waals surface area contributed by atoms with Crippen molar-refractivity contribution in [2.24, 2.45) is 0 Å². The molecule has 0 atom stereocenters. The zero-order valence-electron chi connectivity index (χ0n) is 15.4. The van der Waals surface area contributed by atoms with Crippen LogP contribution in [0.3, 0.4) is 0 Å². The van der Waals surface area contributed by atoms with Crippen LogP contribution in [0.4, 0.5) is 10.2 Å². The Morgan fingerprint density at radius 1 is 1.17 bits per heavy atom. The second kappa shape index (κ2) is 7.00. The molecular weight excluding hydrogens is 391 g/mol. The predicted molar refractivity (Wildman–Crippen MR) is 109 cm³/mol. The fourth-order valence-corrected chi connectivity index (χ4v) is 4.55. The zero-order valence-corrected chi connectivity index (χ0v) is 16.2. The van der Waals surface area contributed by atoms with E-state index >= 15 is 0 Å². The van der Waals surface area contributed by atoms with Gasteiger partial charge in [0, 0.05) is 24.2 Å². The number of nitrogens with one attached hydrogen (secondary N) is 2. The van der Waals surface area contributed by atoms with E-state index in [9.17, 15) is 9.18 Å². The number of aromatic amines is 1. The third kappa shape index (κ3) is 3.27. The highest BCUT2D eigenvalue weighted by Crippen LogP contribution is 2.43. The van der Waals surface area contributed by atoms with Gasteiger partial charge in [-0.05, 0) is 43.2 Å². The number of halogens is 1. The third-order valence-corrected chi connectivity index (χ3v) is 6.35. The highest BCUT2D eigenvalue weighted by atomic mass is 32.1. The van der Waals surface area contributed by atoms with Crippen LogP contribution in [0.2, 0.25) is 0 Å². The summed E-state index contributed by atoms with van der Waals surface area (Å²) in [5.41, 5.74) is 1.41. The normalized spacial score (nSPS) is 15.2. The van der Waals surface area contributed by atoms with Gasteiger partial charge in [0.1, 0.15) is 27.2 Å². The molecule has 29 heavy (non-hydrogen) atoms. The highest BCUT2D eigenvalue weighted by molar-refractivity contribution is 7.21. The molecule has 0 radical (unpaired) electrons. The third-order valence-electron chi connectivity index (χ3n) is 5.35. The smallest absolute Gasteiger partial charge is 0.249 e. The molecule has 1 fully saturated rings. The van der Waals surface area contributed by atoms with Gasteiger partial charge in [-0.3, -0.25) is 9.78 Å². The molecule has 0 amide bonds. The minimum atomic E-state index is -0.301. The first-order valence-corrected chi connectivity index (χ1v) is 10.1. The van der Waals surface area contributed by atoms with E-state index in [0.29, 0.717) is 33.6 Å². The number of hydrogen-bond donors (Lipinski definition) is 2. The number of nitrogens with zero attached hydrogens (tertiary/aromatic N) is 4. The summed E-state index contributed by atoms with van der Waals surface area (Å²) in [7, 11) is 0. The summed E-state index contributed by atoms with van der Waals surface area (Å²) >= 11 is 1.36. The molecular formula is C20H17FN6OS. The lowest BCUT2D eigenvalue weighted by Crippen LogP contribution is -2.42. The van der Waals surface area contributed by atoms with Crippen molar-refractivity contribution in [2.45, 2.75) is 24.7 Å². The summed E-state index contributed by atoms with van der Waals surface area (Å²) in [5, 5.41) is 12.5. The van der Waals surface area contributed by atoms with Gasteiger partial charge in [-0.15, -0.1) is 10.2 Å². The Morgan fingerprint density at radius 3 is 2.79 bits per heavy atom. The van der Waals surface area contributed by atoms with E-state index in [-0.39, 0.29) is 16.8 Å². The first-order chi connectivity index (χ1) is 14.1. The van der Waals surface area contributed by atoms with Gasteiger partial charge in [-0.2, -0.15) is 0 Å². The molecule has 9 heteroatoms. The fourth-order valence-electron chi connectivity index (χ4n) is 3.63. The summed E-state index contributed by atoms with van der Waals surface area (Å²) in [6, 6.07) is 9.87. The Labute approximate surface area is 169 Å². The van der Waals surface area contributed by atoms with Gasteiger partial charge in [-0.25, -0.2) is 9.37 Å². The van der Waals surface area contributed by atoms with E-state index in [2.05, 4.69) is 30.5 Å². The van der Waals surface area contributed by atoms with Crippen LogP contribution in [0.5, 0.6) is 0 Å². The van der Waals surface area contributed by atoms with Crippen molar-refractivity contribution >= 4 is 27.5 Å². The van der Waals surface area contributed by atoms with Crippen LogP contribution in [-0.4, -0.2) is 31.7 Å². The largest absolute Gasteiger partial charge is 0.368 e. The molecule has 0 unspecified atom stereocenters. The Hall–Kier alpha value is -3.20. The van der Waals surface area contributed by atoms with E-state index in [0.717, 1.165) is 24.8 Å². The van der Waals surface area contributed by atoms with Crippen molar-refractivity contribution in [1.82, 2.24) is 25.1 Å². The predicted octanol–water partition coefficient (Wildman–Crippen LogP) is 3.51. The lowest BCUT2D eigenvalue weighted by Gasteiger charge is -2.41. The molecule has 0 aromatic carbocycles. The Bertz CT molecular complexity index is 1230. The second-order valence-electron chi connectivity index (χ2n) is 7.18. The number of H-pyrrole nitrogens is 1. The van der Waals surface area contributed by atoms with E-state index in [1.54, 1.807) is 18.3 Å². The van der Waals surface area contributed by atoms with E-state index in [4.69, 9.17) is 0 Å². The molecule has 1 aliphatic rings. The first-order valence-electron chi connectivity index (χ1n) is 9.32. The van der Waals surface area contributed by atoms with Gasteiger partial charge in [0.2, 0.25) is 5.56 Å². The Balaban J connectivity index is 1.34. The number of thiazole rings is 1. The summed E-state index contributed by atoms with van der Waals surface area (Å²) in [4.78, 5) is 23.7. The lowest BCUT2D eigenvalue weighted by atomic mass is 9.66. The molecule has 146 valence electrons. The summed E-state index contributed by atoms with van der Waals surface area (Å²) < 4.78 is 14.2. The van der Waals surface area contributed by atoms with Crippen LogP contribution in [0.25, 0.3) is 21.0 Å². The molecule has 4 heterocycles. The summed E-state index contributed by atoms with van der Waals surface area (Å²) in [6.07, 6.45) is 4.48. The molecule has 0 bridgehead atoms. The van der Waals surface area contributed by atoms with Gasteiger partial charge in [-0.1, -0.05) is 17.8 Å². The summed E-state index contributed by atoms with van der Waals surface area (Å²) in [6.45, 7) is 0.553. The number of aromatic nitrogens is 5. The SMILES string of the molecule is O=c1ccc2nc(-c3ccc(NCC4(c5ncccc5F)CCC4)nn3)sc2[nH]1. The quantitative estimate of drug-likeness (QED) is 0.525. The number of pyridine rings is 2. The van der Waals surface area contributed by atoms with Crippen LogP contribution in [0.15, 0.2) is 47.4 Å². The van der Waals surface area contributed by atoms with Crippen molar-refractivity contribution in [3.8, 4) is 10.7 Å². The molecule has 0 saturated heterocycles. The van der Waals surface area contributed by atoms with Gasteiger partial charge >= 0.3 is 0 Å². The lowest BCUT2D eigenvalue weighted by molar-refractivity contribution is 0.243. The van der Waals surface area contributed by atoms with E-state index in [1.807, 2.05) is 12.1 Å². The fraction of sp³-hybridized carbons (Fsp3) is 0.250. The molecule has 7 nitrogen and oxygen atoms in total. The van der Waals surface area contributed by atoms with Crippen LogP contribution < -0.4 is 10.9 Å². The monoisotopic (exact) mass is 408 g/mol. The van der Waals surface area contributed by atoms with Crippen molar-refractivity contribution < 1.29 is 4.39 Å². The van der Waals surface area contributed by atoms with E-state index in [1.165, 1.54) is 23.5 Å². The van der Waals surface area contributed by atoms with Crippen LogP contribution in [-0.2, 0) is 5.41 Å². The van der Waals surface area contributed by atoms with Crippen molar-refractivity contribution in [3.05, 3.63) is 64.5 Å². The standard InChI is InChI=1S/C20H17FN6OS/c21-12-3-1-10-22-17(12)20(8-2-9-20)11-23-15-6-4-14(26-27-15)19-24-13-5-7-16(28)25-18(13)29-19/h1,3-7,10H,2,8-9,11H2,(H,23,27)(H,25,28). The average molecular weight is 408 g/mol.